The lowest BCUT2D eigenvalue weighted by Crippen LogP contribution is -2.07. The monoisotopic (exact) mass is 410 g/mol. The maximum absolute atomic E-state index is 7.38. The van der Waals surface area contributed by atoms with Crippen molar-refractivity contribution < 1.29 is 0 Å². The molecule has 22 heavy (non-hydrogen) atoms. The van der Waals surface area contributed by atoms with Gasteiger partial charge in [0.05, 0.1) is 3.57 Å². The molecule has 116 valence electrons. The van der Waals surface area contributed by atoms with Gasteiger partial charge in [-0.3, -0.25) is 0 Å². The number of nitrogens with one attached hydrogen (secondary N) is 4. The fourth-order valence-corrected chi connectivity index (χ4v) is 2.35. The van der Waals surface area contributed by atoms with Crippen LogP contribution in [0.15, 0.2) is 24.4 Å². The van der Waals surface area contributed by atoms with E-state index in [9.17, 15) is 0 Å². The highest BCUT2D eigenvalue weighted by molar-refractivity contribution is 14.1. The third-order valence-electron chi connectivity index (χ3n) is 3.02. The predicted molar refractivity (Wildman–Crippen MR) is 101 cm³/mol. The molecule has 1 heterocycles. The Balaban J connectivity index is 2.21. The number of hydrogen-bond acceptors (Lipinski definition) is 6. The first-order valence-corrected chi connectivity index (χ1v) is 8.11. The summed E-state index contributed by atoms with van der Waals surface area (Å²) in [5.41, 5.74) is 2.59. The number of benzene rings is 1. The molecule has 0 amide bonds. The van der Waals surface area contributed by atoms with Crippen molar-refractivity contribution in [2.75, 3.05) is 29.5 Å². The van der Waals surface area contributed by atoms with E-state index < -0.39 is 0 Å². The largest absolute Gasteiger partial charge is 0.388 e. The third kappa shape index (κ3) is 4.06. The second-order valence-corrected chi connectivity index (χ2v) is 5.80. The van der Waals surface area contributed by atoms with Gasteiger partial charge in [-0.05, 0) is 47.2 Å². The van der Waals surface area contributed by atoms with Gasteiger partial charge < -0.3 is 21.4 Å². The predicted octanol–water partition coefficient (Wildman–Crippen LogP) is 3.69. The van der Waals surface area contributed by atoms with Gasteiger partial charge in [-0.2, -0.15) is 4.98 Å². The van der Waals surface area contributed by atoms with Crippen molar-refractivity contribution in [1.29, 1.82) is 5.41 Å². The number of aromatic nitrogens is 2. The zero-order valence-electron chi connectivity index (χ0n) is 12.6. The number of anilines is 4. The van der Waals surface area contributed by atoms with Crippen molar-refractivity contribution in [3.05, 3.63) is 33.5 Å². The highest BCUT2D eigenvalue weighted by Gasteiger charge is 2.06. The quantitative estimate of drug-likeness (QED) is 0.413. The van der Waals surface area contributed by atoms with Crippen LogP contribution in [0.5, 0.6) is 0 Å². The SMILES string of the molecule is CCCNc1nc(Nc2ccc(C=N)c(NC)c2)ncc1I. The average molecular weight is 410 g/mol. The molecule has 7 heteroatoms. The van der Waals surface area contributed by atoms with Crippen LogP contribution in [-0.4, -0.2) is 29.8 Å². The van der Waals surface area contributed by atoms with Crippen LogP contribution in [0.3, 0.4) is 0 Å². The fourth-order valence-electron chi connectivity index (χ4n) is 1.90. The second kappa shape index (κ2) is 7.92. The molecule has 0 atom stereocenters. The van der Waals surface area contributed by atoms with E-state index in [-0.39, 0.29) is 0 Å². The van der Waals surface area contributed by atoms with Crippen LogP contribution in [0.1, 0.15) is 18.9 Å². The summed E-state index contributed by atoms with van der Waals surface area (Å²) in [6.07, 6.45) is 4.15. The maximum atomic E-state index is 7.38. The van der Waals surface area contributed by atoms with Crippen LogP contribution in [0.2, 0.25) is 0 Å². The van der Waals surface area contributed by atoms with Crippen LogP contribution in [-0.2, 0) is 0 Å². The van der Waals surface area contributed by atoms with Crippen molar-refractivity contribution in [3.8, 4) is 0 Å². The zero-order valence-corrected chi connectivity index (χ0v) is 14.7. The van der Waals surface area contributed by atoms with Gasteiger partial charge in [0.25, 0.3) is 0 Å². The average Bonchev–Trinajstić information content (AvgIpc) is 2.55. The lowest BCUT2D eigenvalue weighted by atomic mass is 10.1. The van der Waals surface area contributed by atoms with Crippen molar-refractivity contribution in [1.82, 2.24) is 9.97 Å². The van der Waals surface area contributed by atoms with Crippen molar-refractivity contribution in [2.24, 2.45) is 0 Å². The minimum Gasteiger partial charge on any atom is -0.388 e. The molecule has 4 N–H and O–H groups in total. The molecule has 1 aromatic heterocycles. The van der Waals surface area contributed by atoms with Gasteiger partial charge in [0.15, 0.2) is 0 Å². The van der Waals surface area contributed by atoms with Gasteiger partial charge in [-0.1, -0.05) is 6.92 Å². The van der Waals surface area contributed by atoms with Crippen LogP contribution in [0.25, 0.3) is 0 Å². The van der Waals surface area contributed by atoms with E-state index >= 15 is 0 Å². The lowest BCUT2D eigenvalue weighted by molar-refractivity contribution is 0.963. The second-order valence-electron chi connectivity index (χ2n) is 4.64. The maximum Gasteiger partial charge on any atom is 0.229 e. The summed E-state index contributed by atoms with van der Waals surface area (Å²) < 4.78 is 0.992. The van der Waals surface area contributed by atoms with Gasteiger partial charge >= 0.3 is 0 Å². The molecule has 0 spiro atoms. The van der Waals surface area contributed by atoms with Crippen molar-refractivity contribution in [2.45, 2.75) is 13.3 Å². The topological polar surface area (TPSA) is 85.7 Å². The van der Waals surface area contributed by atoms with E-state index in [0.717, 1.165) is 39.3 Å². The Bertz CT molecular complexity index is 658. The minimum atomic E-state index is 0.545. The van der Waals surface area contributed by atoms with Gasteiger partial charge in [-0.25, -0.2) is 4.98 Å². The third-order valence-corrected chi connectivity index (χ3v) is 3.81. The first-order chi connectivity index (χ1) is 10.7. The number of nitrogens with zero attached hydrogens (tertiary/aromatic N) is 2. The normalized spacial score (nSPS) is 10.1. The standard InChI is InChI=1S/C15H19IN6/c1-3-6-19-14-12(16)9-20-15(22-14)21-11-5-4-10(8-17)13(7-11)18-2/h4-5,7-9,17-18H,3,6H2,1-2H3,(H2,19,20,21,22). The highest BCUT2D eigenvalue weighted by Crippen LogP contribution is 2.23. The number of rotatable bonds is 7. The summed E-state index contributed by atoms with van der Waals surface area (Å²) in [4.78, 5) is 8.80. The fraction of sp³-hybridized carbons (Fsp3) is 0.267. The number of halogens is 1. The van der Waals surface area contributed by atoms with Crippen LogP contribution in [0.4, 0.5) is 23.1 Å². The molecule has 2 aromatic rings. The molecule has 1 aromatic carbocycles. The molecule has 0 fully saturated rings. The Hall–Kier alpha value is -1.90. The van der Waals surface area contributed by atoms with E-state index in [1.54, 1.807) is 6.20 Å². The Labute approximate surface area is 143 Å². The lowest BCUT2D eigenvalue weighted by Gasteiger charge is -2.11. The number of hydrogen-bond donors (Lipinski definition) is 4. The molecule has 0 aliphatic carbocycles. The van der Waals surface area contributed by atoms with Crippen molar-refractivity contribution >= 4 is 51.9 Å². The van der Waals surface area contributed by atoms with Crippen LogP contribution in [0, 0.1) is 8.98 Å². The molecule has 0 aliphatic heterocycles. The molecule has 0 unspecified atom stereocenters. The molecule has 0 aliphatic rings. The molecule has 6 nitrogen and oxygen atoms in total. The van der Waals surface area contributed by atoms with Gasteiger partial charge in [0.2, 0.25) is 5.95 Å². The Kier molecular flexibility index (Phi) is 5.93. The summed E-state index contributed by atoms with van der Waals surface area (Å²) >= 11 is 2.22. The molecule has 2 rings (SSSR count). The van der Waals surface area contributed by atoms with E-state index in [0.29, 0.717) is 5.95 Å². The van der Waals surface area contributed by atoms with Crippen molar-refractivity contribution in [3.63, 3.8) is 0 Å². The molecule has 0 bridgehead atoms. The molecular weight excluding hydrogens is 391 g/mol. The molecular formula is C15H19IN6. The first kappa shape index (κ1) is 16.5. The Morgan fingerprint density at radius 2 is 2.18 bits per heavy atom. The van der Waals surface area contributed by atoms with E-state index in [4.69, 9.17) is 5.41 Å². The van der Waals surface area contributed by atoms with E-state index in [1.165, 1.54) is 6.21 Å². The van der Waals surface area contributed by atoms with Gasteiger partial charge in [-0.15, -0.1) is 0 Å². The zero-order chi connectivity index (χ0) is 15.9. The Morgan fingerprint density at radius 3 is 2.86 bits per heavy atom. The van der Waals surface area contributed by atoms with Gasteiger partial charge in [0, 0.05) is 42.9 Å². The minimum absolute atomic E-state index is 0.545. The first-order valence-electron chi connectivity index (χ1n) is 7.03. The summed E-state index contributed by atoms with van der Waals surface area (Å²) in [5.74, 6) is 1.38. The summed E-state index contributed by atoms with van der Waals surface area (Å²) in [5, 5.41) is 16.9. The highest BCUT2D eigenvalue weighted by atomic mass is 127. The summed E-state index contributed by atoms with van der Waals surface area (Å²) in [7, 11) is 1.83. The smallest absolute Gasteiger partial charge is 0.229 e. The van der Waals surface area contributed by atoms with Crippen LogP contribution < -0.4 is 16.0 Å². The Morgan fingerprint density at radius 1 is 1.36 bits per heavy atom. The van der Waals surface area contributed by atoms with E-state index in [1.807, 2.05) is 25.2 Å². The van der Waals surface area contributed by atoms with Crippen LogP contribution >= 0.6 is 22.6 Å². The molecule has 0 saturated heterocycles. The molecule has 0 radical (unpaired) electrons. The summed E-state index contributed by atoms with van der Waals surface area (Å²) in [6.45, 7) is 2.99. The van der Waals surface area contributed by atoms with E-state index in [2.05, 4.69) is 55.4 Å². The van der Waals surface area contributed by atoms with Gasteiger partial charge in [0.1, 0.15) is 5.82 Å². The summed E-state index contributed by atoms with van der Waals surface area (Å²) in [6, 6.07) is 5.71. The molecule has 0 saturated carbocycles.